The van der Waals surface area contributed by atoms with Crippen LogP contribution < -0.4 is 4.74 Å². The molecule has 1 amide bonds. The molecule has 1 aromatic carbocycles. The van der Waals surface area contributed by atoms with Crippen molar-refractivity contribution in [3.63, 3.8) is 0 Å². The van der Waals surface area contributed by atoms with Gasteiger partial charge in [-0.15, -0.1) is 11.3 Å². The average Bonchev–Trinajstić information content (AvgIpc) is 3.27. The Balaban J connectivity index is 1.30. The number of aromatic nitrogens is 2. The Bertz CT molecular complexity index is 836. The van der Waals surface area contributed by atoms with Gasteiger partial charge < -0.3 is 9.64 Å². The van der Waals surface area contributed by atoms with Crippen molar-refractivity contribution in [3.05, 3.63) is 48.7 Å². The maximum Gasteiger partial charge on any atom is 0.233 e. The van der Waals surface area contributed by atoms with Crippen LogP contribution in [0.2, 0.25) is 0 Å². The van der Waals surface area contributed by atoms with E-state index in [1.165, 1.54) is 11.8 Å². The molecule has 25 heavy (non-hydrogen) atoms. The van der Waals surface area contributed by atoms with Crippen molar-refractivity contribution in [2.24, 2.45) is 0 Å². The highest BCUT2D eigenvalue weighted by Crippen LogP contribution is 2.29. The predicted octanol–water partition coefficient (Wildman–Crippen LogP) is 3.46. The first-order valence-corrected chi connectivity index (χ1v) is 9.92. The topological polar surface area (TPSA) is 55.3 Å². The second-order valence-electron chi connectivity index (χ2n) is 5.77. The highest BCUT2D eigenvalue weighted by atomic mass is 32.2. The molecule has 1 atom stereocenters. The number of para-hydroxylation sites is 1. The lowest BCUT2D eigenvalue weighted by molar-refractivity contribution is -0.127. The lowest BCUT2D eigenvalue weighted by Gasteiger charge is -2.16. The van der Waals surface area contributed by atoms with Gasteiger partial charge in [-0.3, -0.25) is 4.79 Å². The fourth-order valence-corrected chi connectivity index (χ4v) is 4.74. The Hall–Kier alpha value is -2.12. The number of fused-ring (bicyclic) bond motifs is 1. The van der Waals surface area contributed by atoms with E-state index in [1.807, 2.05) is 41.3 Å². The molecule has 5 nitrogen and oxygen atoms in total. The molecule has 1 unspecified atom stereocenters. The van der Waals surface area contributed by atoms with E-state index in [0.29, 0.717) is 18.2 Å². The standard InChI is InChI=1S/C18H17N3O2S2/c22-17(12-24-18-20-14-5-1-2-6-15(14)25-18)21-10-8-13(11-21)23-16-7-3-4-9-19-16/h1-7,9,13H,8,10-12H2. The lowest BCUT2D eigenvalue weighted by atomic mass is 10.3. The second-order valence-corrected chi connectivity index (χ2v) is 8.03. The van der Waals surface area contributed by atoms with Crippen LogP contribution in [-0.4, -0.2) is 45.7 Å². The van der Waals surface area contributed by atoms with E-state index < -0.39 is 0 Å². The first-order valence-electron chi connectivity index (χ1n) is 8.12. The summed E-state index contributed by atoms with van der Waals surface area (Å²) in [4.78, 5) is 23.0. The summed E-state index contributed by atoms with van der Waals surface area (Å²) in [5.41, 5.74) is 0.993. The van der Waals surface area contributed by atoms with Crippen LogP contribution in [0.5, 0.6) is 5.88 Å². The van der Waals surface area contributed by atoms with E-state index in [9.17, 15) is 4.79 Å². The SMILES string of the molecule is O=C(CSc1nc2ccccc2s1)N1CCC(Oc2ccccn2)C1. The molecule has 0 N–H and O–H groups in total. The number of pyridine rings is 1. The van der Waals surface area contributed by atoms with Crippen LogP contribution in [0, 0.1) is 0 Å². The van der Waals surface area contributed by atoms with E-state index in [1.54, 1.807) is 17.5 Å². The number of ether oxygens (including phenoxy) is 1. The van der Waals surface area contributed by atoms with Gasteiger partial charge in [-0.1, -0.05) is 30.0 Å². The first kappa shape index (κ1) is 16.4. The molecule has 3 heterocycles. The number of carbonyl (C=O) groups is 1. The molecule has 2 aromatic heterocycles. The minimum absolute atomic E-state index is 0.0197. The summed E-state index contributed by atoms with van der Waals surface area (Å²) in [6.07, 6.45) is 2.57. The third kappa shape index (κ3) is 3.93. The summed E-state index contributed by atoms with van der Waals surface area (Å²) < 4.78 is 7.93. The first-order chi connectivity index (χ1) is 12.3. The zero-order valence-corrected chi connectivity index (χ0v) is 15.1. The fourth-order valence-electron chi connectivity index (χ4n) is 2.77. The van der Waals surface area contributed by atoms with Gasteiger partial charge in [-0.25, -0.2) is 9.97 Å². The number of hydrogen-bond donors (Lipinski definition) is 0. The molecule has 0 aliphatic carbocycles. The number of carbonyl (C=O) groups excluding carboxylic acids is 1. The largest absolute Gasteiger partial charge is 0.472 e. The van der Waals surface area contributed by atoms with Gasteiger partial charge in [0.05, 0.1) is 22.5 Å². The molecule has 1 aliphatic rings. The minimum Gasteiger partial charge on any atom is -0.472 e. The van der Waals surface area contributed by atoms with E-state index in [4.69, 9.17) is 4.74 Å². The number of hydrogen-bond acceptors (Lipinski definition) is 6. The molecule has 1 fully saturated rings. The third-order valence-corrected chi connectivity index (χ3v) is 6.18. The average molecular weight is 371 g/mol. The van der Waals surface area contributed by atoms with Crippen LogP contribution in [-0.2, 0) is 4.79 Å². The van der Waals surface area contributed by atoms with Crippen molar-refractivity contribution in [1.82, 2.24) is 14.9 Å². The zero-order chi connectivity index (χ0) is 17.1. The number of benzene rings is 1. The zero-order valence-electron chi connectivity index (χ0n) is 13.5. The molecule has 128 valence electrons. The minimum atomic E-state index is 0.0197. The van der Waals surface area contributed by atoms with Crippen LogP contribution in [0.4, 0.5) is 0 Å². The van der Waals surface area contributed by atoms with Crippen molar-refractivity contribution < 1.29 is 9.53 Å². The molecule has 0 spiro atoms. The Morgan fingerprint density at radius 3 is 3.00 bits per heavy atom. The molecular formula is C18H17N3O2S2. The molecule has 3 aromatic rings. The Morgan fingerprint density at radius 2 is 2.16 bits per heavy atom. The van der Waals surface area contributed by atoms with Crippen LogP contribution in [0.25, 0.3) is 10.2 Å². The van der Waals surface area contributed by atoms with Gasteiger partial charge in [0.2, 0.25) is 11.8 Å². The second kappa shape index (κ2) is 7.41. The van der Waals surface area contributed by atoms with Gasteiger partial charge in [0, 0.05) is 25.2 Å². The van der Waals surface area contributed by atoms with Gasteiger partial charge in [-0.2, -0.15) is 0 Å². The number of thiazole rings is 1. The maximum absolute atomic E-state index is 12.4. The summed E-state index contributed by atoms with van der Waals surface area (Å²) in [7, 11) is 0. The van der Waals surface area contributed by atoms with Gasteiger partial charge in [-0.05, 0) is 18.2 Å². The molecular weight excluding hydrogens is 354 g/mol. The smallest absolute Gasteiger partial charge is 0.233 e. The number of rotatable bonds is 5. The maximum atomic E-state index is 12.4. The summed E-state index contributed by atoms with van der Waals surface area (Å²) in [6.45, 7) is 1.35. The van der Waals surface area contributed by atoms with Crippen molar-refractivity contribution in [3.8, 4) is 5.88 Å². The number of nitrogens with zero attached hydrogens (tertiary/aromatic N) is 3. The summed E-state index contributed by atoms with van der Waals surface area (Å²) in [6, 6.07) is 13.6. The summed E-state index contributed by atoms with van der Waals surface area (Å²) in [5, 5.41) is 0. The van der Waals surface area contributed by atoms with E-state index in [2.05, 4.69) is 16.0 Å². The van der Waals surface area contributed by atoms with Crippen molar-refractivity contribution in [2.45, 2.75) is 16.9 Å². The van der Waals surface area contributed by atoms with E-state index in [-0.39, 0.29) is 12.0 Å². The highest BCUT2D eigenvalue weighted by Gasteiger charge is 2.27. The summed E-state index contributed by atoms with van der Waals surface area (Å²) >= 11 is 3.14. The van der Waals surface area contributed by atoms with Gasteiger partial charge in [0.25, 0.3) is 0 Å². The monoisotopic (exact) mass is 371 g/mol. The number of likely N-dealkylation sites (tertiary alicyclic amines) is 1. The molecule has 7 heteroatoms. The number of amides is 1. The van der Waals surface area contributed by atoms with Crippen LogP contribution in [0.15, 0.2) is 53.0 Å². The third-order valence-electron chi connectivity index (χ3n) is 4.02. The molecule has 0 saturated carbocycles. The fraction of sp³-hybridized carbons (Fsp3) is 0.278. The molecule has 0 radical (unpaired) electrons. The van der Waals surface area contributed by atoms with Crippen LogP contribution in [0.3, 0.4) is 0 Å². The number of thioether (sulfide) groups is 1. The van der Waals surface area contributed by atoms with Gasteiger partial charge >= 0.3 is 0 Å². The molecule has 1 saturated heterocycles. The molecule has 1 aliphatic heterocycles. The lowest BCUT2D eigenvalue weighted by Crippen LogP contribution is -2.32. The van der Waals surface area contributed by atoms with Crippen molar-refractivity contribution in [1.29, 1.82) is 0 Å². The Morgan fingerprint density at radius 1 is 1.28 bits per heavy atom. The Labute approximate surface area is 154 Å². The van der Waals surface area contributed by atoms with Gasteiger partial charge in [0.15, 0.2) is 4.34 Å². The molecule has 0 bridgehead atoms. The van der Waals surface area contributed by atoms with Crippen molar-refractivity contribution in [2.75, 3.05) is 18.8 Å². The van der Waals surface area contributed by atoms with Crippen molar-refractivity contribution >= 4 is 39.2 Å². The van der Waals surface area contributed by atoms with Crippen LogP contribution in [0.1, 0.15) is 6.42 Å². The molecule has 4 rings (SSSR count). The predicted molar refractivity (Wildman–Crippen MR) is 100 cm³/mol. The summed E-state index contributed by atoms with van der Waals surface area (Å²) in [5.74, 6) is 1.16. The Kier molecular flexibility index (Phi) is 4.85. The quantitative estimate of drug-likeness (QED) is 0.643. The van der Waals surface area contributed by atoms with Crippen LogP contribution >= 0.6 is 23.1 Å². The van der Waals surface area contributed by atoms with E-state index in [0.717, 1.165) is 27.5 Å². The normalized spacial score (nSPS) is 17.1. The van der Waals surface area contributed by atoms with E-state index >= 15 is 0 Å². The van der Waals surface area contributed by atoms with Gasteiger partial charge in [0.1, 0.15) is 6.10 Å². The highest BCUT2D eigenvalue weighted by molar-refractivity contribution is 8.01.